The standard InChI is InChI=1S/C20H21N3O4S/c1-27-19(25)14-5-4-6-15(13-14)21-20(26)22-17-8-3-2-7-16(17)18(24)23-9-11-28-12-10-23/h2-8,13H,9-12H2,1H3,(H2,21,22,26). The maximum Gasteiger partial charge on any atom is 0.337 e. The normalized spacial score (nSPS) is 13.5. The van der Waals surface area contributed by atoms with Crippen molar-refractivity contribution in [3.63, 3.8) is 0 Å². The van der Waals surface area contributed by atoms with Crippen molar-refractivity contribution in [2.45, 2.75) is 0 Å². The van der Waals surface area contributed by atoms with Gasteiger partial charge >= 0.3 is 12.0 Å². The number of benzene rings is 2. The van der Waals surface area contributed by atoms with Crippen LogP contribution in [0.3, 0.4) is 0 Å². The van der Waals surface area contributed by atoms with Crippen LogP contribution in [-0.2, 0) is 4.74 Å². The smallest absolute Gasteiger partial charge is 0.337 e. The molecule has 0 spiro atoms. The number of para-hydroxylation sites is 1. The fourth-order valence-corrected chi connectivity index (χ4v) is 3.74. The number of urea groups is 1. The third-order valence-electron chi connectivity index (χ3n) is 4.25. The molecule has 2 aromatic carbocycles. The number of carbonyl (C=O) groups is 3. The highest BCUT2D eigenvalue weighted by Crippen LogP contribution is 2.20. The van der Waals surface area contributed by atoms with Crippen LogP contribution in [0.1, 0.15) is 20.7 Å². The molecule has 1 aliphatic rings. The summed E-state index contributed by atoms with van der Waals surface area (Å²) in [5.41, 5.74) is 1.66. The van der Waals surface area contributed by atoms with Crippen LogP contribution in [0.15, 0.2) is 48.5 Å². The number of carbonyl (C=O) groups excluding carboxylic acids is 3. The van der Waals surface area contributed by atoms with Crippen molar-refractivity contribution < 1.29 is 19.1 Å². The summed E-state index contributed by atoms with van der Waals surface area (Å²) in [6, 6.07) is 12.9. The highest BCUT2D eigenvalue weighted by molar-refractivity contribution is 7.99. The highest BCUT2D eigenvalue weighted by atomic mass is 32.2. The Morgan fingerprint density at radius 2 is 1.75 bits per heavy atom. The summed E-state index contributed by atoms with van der Waals surface area (Å²) in [5.74, 6) is 1.25. The average Bonchev–Trinajstić information content (AvgIpc) is 2.73. The Morgan fingerprint density at radius 1 is 1.00 bits per heavy atom. The van der Waals surface area contributed by atoms with Crippen LogP contribution in [0.4, 0.5) is 16.2 Å². The summed E-state index contributed by atoms with van der Waals surface area (Å²) < 4.78 is 4.68. The Labute approximate surface area is 167 Å². The van der Waals surface area contributed by atoms with E-state index in [1.165, 1.54) is 13.2 Å². The minimum atomic E-state index is -0.503. The summed E-state index contributed by atoms with van der Waals surface area (Å²) in [7, 11) is 1.30. The molecule has 8 heteroatoms. The Morgan fingerprint density at radius 3 is 2.50 bits per heavy atom. The molecule has 7 nitrogen and oxygen atoms in total. The first kappa shape index (κ1) is 19.8. The summed E-state index contributed by atoms with van der Waals surface area (Å²) >= 11 is 1.83. The molecule has 0 saturated carbocycles. The number of methoxy groups -OCH3 is 1. The fourth-order valence-electron chi connectivity index (χ4n) is 2.84. The van der Waals surface area contributed by atoms with Gasteiger partial charge in [0.1, 0.15) is 0 Å². The molecule has 2 aromatic rings. The van der Waals surface area contributed by atoms with Gasteiger partial charge in [0.15, 0.2) is 0 Å². The van der Waals surface area contributed by atoms with Crippen molar-refractivity contribution in [1.29, 1.82) is 0 Å². The van der Waals surface area contributed by atoms with Crippen LogP contribution >= 0.6 is 11.8 Å². The van der Waals surface area contributed by atoms with Gasteiger partial charge in [-0.05, 0) is 30.3 Å². The molecule has 2 N–H and O–H groups in total. The second kappa shape index (κ2) is 9.27. The summed E-state index contributed by atoms with van der Waals surface area (Å²) in [4.78, 5) is 38.6. The number of anilines is 2. The second-order valence-electron chi connectivity index (χ2n) is 6.10. The lowest BCUT2D eigenvalue weighted by atomic mass is 10.1. The molecular weight excluding hydrogens is 378 g/mol. The van der Waals surface area contributed by atoms with E-state index in [-0.39, 0.29) is 5.91 Å². The molecule has 1 heterocycles. The van der Waals surface area contributed by atoms with Crippen LogP contribution in [0.25, 0.3) is 0 Å². The minimum absolute atomic E-state index is 0.0936. The first-order valence-electron chi connectivity index (χ1n) is 8.81. The van der Waals surface area contributed by atoms with E-state index in [2.05, 4.69) is 15.4 Å². The monoisotopic (exact) mass is 399 g/mol. The van der Waals surface area contributed by atoms with Crippen molar-refractivity contribution in [3.05, 3.63) is 59.7 Å². The molecule has 146 valence electrons. The predicted molar refractivity (Wildman–Crippen MR) is 110 cm³/mol. The van der Waals surface area contributed by atoms with Gasteiger partial charge in [0.25, 0.3) is 5.91 Å². The van der Waals surface area contributed by atoms with Crippen LogP contribution in [0.5, 0.6) is 0 Å². The van der Waals surface area contributed by atoms with Gasteiger partial charge in [-0.15, -0.1) is 0 Å². The van der Waals surface area contributed by atoms with E-state index >= 15 is 0 Å². The zero-order chi connectivity index (χ0) is 19.9. The molecule has 0 radical (unpaired) electrons. The second-order valence-corrected chi connectivity index (χ2v) is 7.33. The molecule has 0 aliphatic carbocycles. The first-order valence-corrected chi connectivity index (χ1v) is 9.96. The molecule has 1 fully saturated rings. The number of esters is 1. The summed E-state index contributed by atoms with van der Waals surface area (Å²) in [5, 5.41) is 5.39. The number of nitrogens with zero attached hydrogens (tertiary/aromatic N) is 1. The predicted octanol–water partition coefficient (Wildman–Crippen LogP) is 3.31. The Kier molecular flexibility index (Phi) is 6.54. The minimum Gasteiger partial charge on any atom is -0.465 e. The van der Waals surface area contributed by atoms with Crippen molar-refractivity contribution in [2.75, 3.05) is 42.3 Å². The van der Waals surface area contributed by atoms with Gasteiger partial charge in [-0.2, -0.15) is 11.8 Å². The number of nitrogens with one attached hydrogen (secondary N) is 2. The van der Waals surface area contributed by atoms with E-state index in [9.17, 15) is 14.4 Å². The fraction of sp³-hybridized carbons (Fsp3) is 0.250. The van der Waals surface area contributed by atoms with Gasteiger partial charge in [0.05, 0.1) is 23.9 Å². The molecule has 1 saturated heterocycles. The molecule has 0 atom stereocenters. The molecule has 3 rings (SSSR count). The van der Waals surface area contributed by atoms with E-state index < -0.39 is 12.0 Å². The van der Waals surface area contributed by atoms with E-state index in [1.807, 2.05) is 11.8 Å². The van der Waals surface area contributed by atoms with Crippen molar-refractivity contribution in [2.24, 2.45) is 0 Å². The highest BCUT2D eigenvalue weighted by Gasteiger charge is 2.21. The van der Waals surface area contributed by atoms with Gasteiger partial charge < -0.3 is 20.3 Å². The number of hydrogen-bond donors (Lipinski definition) is 2. The first-order chi connectivity index (χ1) is 13.6. The van der Waals surface area contributed by atoms with Gasteiger partial charge in [0, 0.05) is 30.3 Å². The Bertz CT molecular complexity index is 881. The molecule has 0 bridgehead atoms. The van der Waals surface area contributed by atoms with Crippen LogP contribution in [0.2, 0.25) is 0 Å². The average molecular weight is 399 g/mol. The van der Waals surface area contributed by atoms with Crippen LogP contribution < -0.4 is 10.6 Å². The zero-order valence-electron chi connectivity index (χ0n) is 15.4. The van der Waals surface area contributed by atoms with Gasteiger partial charge in [-0.25, -0.2) is 9.59 Å². The summed E-state index contributed by atoms with van der Waals surface area (Å²) in [6.45, 7) is 1.40. The largest absolute Gasteiger partial charge is 0.465 e. The van der Waals surface area contributed by atoms with E-state index in [4.69, 9.17) is 0 Å². The SMILES string of the molecule is COC(=O)c1cccc(NC(=O)Nc2ccccc2C(=O)N2CCSCC2)c1. The molecule has 0 aromatic heterocycles. The molecule has 28 heavy (non-hydrogen) atoms. The number of ether oxygens (including phenoxy) is 1. The van der Waals surface area contributed by atoms with E-state index in [1.54, 1.807) is 47.4 Å². The zero-order valence-corrected chi connectivity index (χ0v) is 16.3. The Balaban J connectivity index is 1.71. The number of thioether (sulfide) groups is 1. The molecule has 3 amide bonds. The van der Waals surface area contributed by atoms with Crippen LogP contribution in [0, 0.1) is 0 Å². The van der Waals surface area contributed by atoms with Crippen LogP contribution in [-0.4, -0.2) is 54.5 Å². The third kappa shape index (κ3) is 4.83. The number of amides is 3. The van der Waals surface area contributed by atoms with E-state index in [0.717, 1.165) is 11.5 Å². The van der Waals surface area contributed by atoms with Crippen molar-refractivity contribution >= 4 is 41.0 Å². The quantitative estimate of drug-likeness (QED) is 0.770. The summed E-state index contributed by atoms with van der Waals surface area (Å²) in [6.07, 6.45) is 0. The Hall–Kier alpha value is -3.00. The lowest BCUT2D eigenvalue weighted by molar-refractivity contribution is 0.0600. The van der Waals surface area contributed by atoms with E-state index in [0.29, 0.717) is 35.6 Å². The maximum absolute atomic E-state index is 12.8. The van der Waals surface area contributed by atoms with Gasteiger partial charge in [-0.3, -0.25) is 4.79 Å². The number of hydrogen-bond acceptors (Lipinski definition) is 5. The third-order valence-corrected chi connectivity index (χ3v) is 5.19. The topological polar surface area (TPSA) is 87.7 Å². The van der Waals surface area contributed by atoms with Crippen molar-refractivity contribution in [1.82, 2.24) is 4.90 Å². The van der Waals surface area contributed by atoms with Gasteiger partial charge in [-0.1, -0.05) is 18.2 Å². The van der Waals surface area contributed by atoms with Gasteiger partial charge in [0.2, 0.25) is 0 Å². The molecule has 0 unspecified atom stereocenters. The van der Waals surface area contributed by atoms with Crippen molar-refractivity contribution in [3.8, 4) is 0 Å². The molecular formula is C20H21N3O4S. The maximum atomic E-state index is 12.8. The lowest BCUT2D eigenvalue weighted by Crippen LogP contribution is -2.38. The number of rotatable bonds is 4. The lowest BCUT2D eigenvalue weighted by Gasteiger charge is -2.27. The molecule has 1 aliphatic heterocycles.